The number of carboxylic acid groups (broad SMARTS) is 1. The van der Waals surface area contributed by atoms with Gasteiger partial charge in [-0.25, -0.2) is 14.6 Å². The summed E-state index contributed by atoms with van der Waals surface area (Å²) in [6.07, 6.45) is 5.01. The molecule has 1 heterocycles. The van der Waals surface area contributed by atoms with Gasteiger partial charge in [-0.05, 0) is 24.9 Å². The number of urea groups is 1. The summed E-state index contributed by atoms with van der Waals surface area (Å²) >= 11 is 3.09. The average molecular weight is 317 g/mol. The molecule has 1 aromatic rings. The second-order valence-electron chi connectivity index (χ2n) is 4.07. The van der Waals surface area contributed by atoms with Crippen LogP contribution in [-0.4, -0.2) is 40.1 Å². The van der Waals surface area contributed by atoms with Crippen LogP contribution in [0, 0.1) is 0 Å². The molecule has 0 saturated carbocycles. The number of hydrogen-bond donors (Lipinski definition) is 3. The number of hydrogen-bond acceptors (Lipinski definition) is 5. The molecule has 1 atom stereocenters. The zero-order valence-electron chi connectivity index (χ0n) is 11.5. The SMILES string of the molecule is CCc1cnc(CNC(=O)NC(CCSC)C(=O)O)s1. The summed E-state index contributed by atoms with van der Waals surface area (Å²) in [5.74, 6) is -0.333. The maximum atomic E-state index is 11.7. The number of nitrogens with zero attached hydrogens (tertiary/aromatic N) is 1. The lowest BCUT2D eigenvalue weighted by Gasteiger charge is -2.14. The number of rotatable bonds is 8. The van der Waals surface area contributed by atoms with E-state index in [9.17, 15) is 9.59 Å². The first-order valence-corrected chi connectivity index (χ1v) is 8.47. The van der Waals surface area contributed by atoms with Crippen LogP contribution in [0.3, 0.4) is 0 Å². The van der Waals surface area contributed by atoms with E-state index in [0.29, 0.717) is 18.7 Å². The second kappa shape index (κ2) is 8.80. The van der Waals surface area contributed by atoms with Crippen molar-refractivity contribution in [2.45, 2.75) is 32.4 Å². The zero-order chi connectivity index (χ0) is 15.0. The minimum Gasteiger partial charge on any atom is -0.480 e. The summed E-state index contributed by atoms with van der Waals surface area (Å²) in [6, 6.07) is -1.34. The molecule has 1 aromatic heterocycles. The first-order valence-electron chi connectivity index (χ1n) is 6.26. The summed E-state index contributed by atoms with van der Waals surface area (Å²) in [5, 5.41) is 14.9. The molecule has 0 bridgehead atoms. The Hall–Kier alpha value is -1.28. The lowest BCUT2D eigenvalue weighted by atomic mass is 10.2. The summed E-state index contributed by atoms with van der Waals surface area (Å²) in [7, 11) is 0. The molecule has 1 rings (SSSR count). The van der Waals surface area contributed by atoms with Crippen molar-refractivity contribution in [3.63, 3.8) is 0 Å². The van der Waals surface area contributed by atoms with Crippen molar-refractivity contribution in [1.82, 2.24) is 15.6 Å². The van der Waals surface area contributed by atoms with E-state index >= 15 is 0 Å². The maximum absolute atomic E-state index is 11.7. The van der Waals surface area contributed by atoms with E-state index in [0.717, 1.165) is 16.3 Å². The normalized spacial score (nSPS) is 11.9. The van der Waals surface area contributed by atoms with Gasteiger partial charge in [0.2, 0.25) is 0 Å². The van der Waals surface area contributed by atoms with Gasteiger partial charge >= 0.3 is 12.0 Å². The average Bonchev–Trinajstić information content (AvgIpc) is 2.88. The van der Waals surface area contributed by atoms with Crippen LogP contribution in [0.25, 0.3) is 0 Å². The largest absolute Gasteiger partial charge is 0.480 e. The lowest BCUT2D eigenvalue weighted by Crippen LogP contribution is -2.46. The van der Waals surface area contributed by atoms with Crippen LogP contribution in [0.1, 0.15) is 23.2 Å². The molecule has 0 aliphatic heterocycles. The van der Waals surface area contributed by atoms with Crippen molar-refractivity contribution in [3.8, 4) is 0 Å². The topological polar surface area (TPSA) is 91.3 Å². The van der Waals surface area contributed by atoms with E-state index in [1.165, 1.54) is 0 Å². The minimum atomic E-state index is -1.02. The predicted molar refractivity (Wildman–Crippen MR) is 81.3 cm³/mol. The molecular weight excluding hydrogens is 298 g/mol. The molecule has 0 aliphatic carbocycles. The van der Waals surface area contributed by atoms with Gasteiger partial charge in [0.05, 0.1) is 6.54 Å². The number of aliphatic carboxylic acids is 1. The Balaban J connectivity index is 2.39. The Bertz CT molecular complexity index is 451. The highest BCUT2D eigenvalue weighted by molar-refractivity contribution is 7.98. The molecule has 0 spiro atoms. The number of carbonyl (C=O) groups is 2. The number of aryl methyl sites for hydroxylation is 1. The number of nitrogens with one attached hydrogen (secondary N) is 2. The molecule has 6 nitrogen and oxygen atoms in total. The molecule has 0 aliphatic rings. The van der Waals surface area contributed by atoms with Crippen molar-refractivity contribution in [1.29, 1.82) is 0 Å². The van der Waals surface area contributed by atoms with E-state index in [1.807, 2.05) is 13.2 Å². The third kappa shape index (κ3) is 5.79. The third-order valence-corrected chi connectivity index (χ3v) is 4.35. The Morgan fingerprint density at radius 2 is 2.30 bits per heavy atom. The molecule has 112 valence electrons. The van der Waals surface area contributed by atoms with Gasteiger partial charge in [0.1, 0.15) is 11.0 Å². The molecule has 0 aromatic carbocycles. The monoisotopic (exact) mass is 317 g/mol. The smallest absolute Gasteiger partial charge is 0.326 e. The number of amides is 2. The number of carbonyl (C=O) groups excluding carboxylic acids is 1. The Labute approximate surface area is 126 Å². The molecule has 1 unspecified atom stereocenters. The van der Waals surface area contributed by atoms with Gasteiger partial charge in [-0.2, -0.15) is 11.8 Å². The van der Waals surface area contributed by atoms with Crippen LogP contribution < -0.4 is 10.6 Å². The van der Waals surface area contributed by atoms with E-state index in [1.54, 1.807) is 29.3 Å². The van der Waals surface area contributed by atoms with Crippen molar-refractivity contribution < 1.29 is 14.7 Å². The van der Waals surface area contributed by atoms with Crippen molar-refractivity contribution in [2.75, 3.05) is 12.0 Å². The minimum absolute atomic E-state index is 0.311. The summed E-state index contributed by atoms with van der Waals surface area (Å²) in [5.41, 5.74) is 0. The second-order valence-corrected chi connectivity index (χ2v) is 6.26. The van der Waals surface area contributed by atoms with Gasteiger partial charge < -0.3 is 15.7 Å². The lowest BCUT2D eigenvalue weighted by molar-refractivity contribution is -0.139. The first-order chi connectivity index (χ1) is 9.56. The molecule has 0 fully saturated rings. The number of thioether (sulfide) groups is 1. The van der Waals surface area contributed by atoms with E-state index in [4.69, 9.17) is 5.11 Å². The van der Waals surface area contributed by atoms with E-state index in [-0.39, 0.29) is 0 Å². The van der Waals surface area contributed by atoms with E-state index in [2.05, 4.69) is 15.6 Å². The quantitative estimate of drug-likeness (QED) is 0.679. The van der Waals surface area contributed by atoms with Crippen LogP contribution in [0.2, 0.25) is 0 Å². The predicted octanol–water partition coefficient (Wildman–Crippen LogP) is 1.71. The summed E-state index contributed by atoms with van der Waals surface area (Å²) < 4.78 is 0. The molecule has 0 saturated heterocycles. The Kier molecular flexibility index (Phi) is 7.38. The van der Waals surface area contributed by atoms with Gasteiger partial charge in [-0.1, -0.05) is 6.92 Å². The highest BCUT2D eigenvalue weighted by Gasteiger charge is 2.19. The fourth-order valence-electron chi connectivity index (χ4n) is 1.45. The third-order valence-electron chi connectivity index (χ3n) is 2.56. The summed E-state index contributed by atoms with van der Waals surface area (Å²) in [4.78, 5) is 28.0. The fraction of sp³-hybridized carbons (Fsp3) is 0.583. The summed E-state index contributed by atoms with van der Waals surface area (Å²) in [6.45, 7) is 2.35. The molecule has 8 heteroatoms. The van der Waals surface area contributed by atoms with Gasteiger partial charge in [0.25, 0.3) is 0 Å². The fourth-order valence-corrected chi connectivity index (χ4v) is 2.73. The molecular formula is C12H19N3O3S2. The molecule has 20 heavy (non-hydrogen) atoms. The van der Waals surface area contributed by atoms with Gasteiger partial charge in [-0.15, -0.1) is 11.3 Å². The standard InChI is InChI=1S/C12H19N3O3S2/c1-3-8-6-13-10(20-8)7-14-12(18)15-9(11(16)17)4-5-19-2/h6,9H,3-5,7H2,1-2H3,(H,16,17)(H2,14,15,18). The zero-order valence-corrected chi connectivity index (χ0v) is 13.1. The van der Waals surface area contributed by atoms with Crippen LogP contribution in [0.15, 0.2) is 6.20 Å². The van der Waals surface area contributed by atoms with Gasteiger partial charge in [0, 0.05) is 11.1 Å². The van der Waals surface area contributed by atoms with Gasteiger partial charge in [0.15, 0.2) is 0 Å². The maximum Gasteiger partial charge on any atom is 0.326 e. The first kappa shape index (κ1) is 16.8. The Morgan fingerprint density at radius 1 is 1.55 bits per heavy atom. The number of carboxylic acids is 1. The Morgan fingerprint density at radius 3 is 2.85 bits per heavy atom. The number of thiazole rings is 1. The highest BCUT2D eigenvalue weighted by atomic mass is 32.2. The van der Waals surface area contributed by atoms with E-state index < -0.39 is 18.0 Å². The molecule has 3 N–H and O–H groups in total. The molecule has 0 radical (unpaired) electrons. The van der Waals surface area contributed by atoms with Crippen molar-refractivity contribution in [2.24, 2.45) is 0 Å². The van der Waals surface area contributed by atoms with Crippen LogP contribution in [0.5, 0.6) is 0 Å². The number of aromatic nitrogens is 1. The van der Waals surface area contributed by atoms with Crippen LogP contribution in [-0.2, 0) is 17.8 Å². The van der Waals surface area contributed by atoms with Crippen molar-refractivity contribution >= 4 is 35.1 Å². The van der Waals surface area contributed by atoms with Gasteiger partial charge in [-0.3, -0.25) is 0 Å². The van der Waals surface area contributed by atoms with Crippen LogP contribution in [0.4, 0.5) is 4.79 Å². The highest BCUT2D eigenvalue weighted by Crippen LogP contribution is 2.12. The van der Waals surface area contributed by atoms with Crippen LogP contribution >= 0.6 is 23.1 Å². The van der Waals surface area contributed by atoms with Crippen molar-refractivity contribution in [3.05, 3.63) is 16.1 Å². The molecule has 2 amide bonds.